The van der Waals surface area contributed by atoms with Crippen LogP contribution in [0.1, 0.15) is 38.7 Å². The van der Waals surface area contributed by atoms with Crippen molar-refractivity contribution in [2.45, 2.75) is 49.7 Å². The van der Waals surface area contributed by atoms with E-state index < -0.39 is 15.6 Å². The minimum atomic E-state index is -3.62. The molecule has 0 amide bonds. The molecule has 1 aromatic carbocycles. The molecule has 1 fully saturated rings. The summed E-state index contributed by atoms with van der Waals surface area (Å²) in [5, 5.41) is 10.3. The van der Waals surface area contributed by atoms with Crippen LogP contribution in [0.2, 0.25) is 0 Å². The first-order valence-corrected chi connectivity index (χ1v) is 8.66. The van der Waals surface area contributed by atoms with Gasteiger partial charge in [-0.25, -0.2) is 13.1 Å². The molecule has 2 rings (SSSR count). The SMILES string of the molecule is CC(C)c1ccc(S(=O)(=O)NCC2(O)CCOC2C)cc1. The second-order valence-corrected chi connectivity index (χ2v) is 7.68. The highest BCUT2D eigenvalue weighted by molar-refractivity contribution is 7.89. The van der Waals surface area contributed by atoms with Crippen molar-refractivity contribution in [1.82, 2.24) is 4.72 Å². The number of nitrogens with one attached hydrogen (secondary N) is 1. The normalized spacial score (nSPS) is 26.4. The van der Waals surface area contributed by atoms with Gasteiger partial charge >= 0.3 is 0 Å². The average Bonchev–Trinajstić information content (AvgIpc) is 2.77. The van der Waals surface area contributed by atoms with E-state index in [-0.39, 0.29) is 17.5 Å². The van der Waals surface area contributed by atoms with Crippen LogP contribution < -0.4 is 4.72 Å². The Hall–Kier alpha value is -0.950. The molecule has 0 saturated carbocycles. The van der Waals surface area contributed by atoms with Crippen molar-refractivity contribution in [3.8, 4) is 0 Å². The van der Waals surface area contributed by atoms with Crippen LogP contribution in [0.25, 0.3) is 0 Å². The lowest BCUT2D eigenvalue weighted by Crippen LogP contribution is -2.47. The minimum absolute atomic E-state index is 0.0393. The predicted octanol–water partition coefficient (Wildman–Crippen LogP) is 1.63. The summed E-state index contributed by atoms with van der Waals surface area (Å²) in [6.07, 6.45) is 0.0618. The summed E-state index contributed by atoms with van der Waals surface area (Å²) in [5.74, 6) is 0.354. The van der Waals surface area contributed by atoms with Crippen molar-refractivity contribution in [1.29, 1.82) is 0 Å². The lowest BCUT2D eigenvalue weighted by atomic mass is 9.97. The summed E-state index contributed by atoms with van der Waals surface area (Å²) in [7, 11) is -3.62. The van der Waals surface area contributed by atoms with Gasteiger partial charge in [-0.05, 0) is 30.5 Å². The van der Waals surface area contributed by atoms with Crippen molar-refractivity contribution in [2.75, 3.05) is 13.2 Å². The molecular weight excluding hydrogens is 290 g/mol. The van der Waals surface area contributed by atoms with Crippen LogP contribution in [0.4, 0.5) is 0 Å². The van der Waals surface area contributed by atoms with Gasteiger partial charge < -0.3 is 9.84 Å². The van der Waals surface area contributed by atoms with Gasteiger partial charge in [0.05, 0.1) is 11.0 Å². The van der Waals surface area contributed by atoms with E-state index in [4.69, 9.17) is 4.74 Å². The van der Waals surface area contributed by atoms with Gasteiger partial charge in [0, 0.05) is 19.6 Å². The fraction of sp³-hybridized carbons (Fsp3) is 0.600. The van der Waals surface area contributed by atoms with Gasteiger partial charge in [0.25, 0.3) is 0 Å². The topological polar surface area (TPSA) is 75.6 Å². The Labute approximate surface area is 126 Å². The van der Waals surface area contributed by atoms with Crippen molar-refractivity contribution >= 4 is 10.0 Å². The van der Waals surface area contributed by atoms with E-state index >= 15 is 0 Å². The highest BCUT2D eigenvalue weighted by Crippen LogP contribution is 2.25. The van der Waals surface area contributed by atoms with Crippen LogP contribution >= 0.6 is 0 Å². The predicted molar refractivity (Wildman–Crippen MR) is 80.7 cm³/mol. The minimum Gasteiger partial charge on any atom is -0.386 e. The fourth-order valence-corrected chi connectivity index (χ4v) is 3.44. The van der Waals surface area contributed by atoms with E-state index in [2.05, 4.69) is 18.6 Å². The van der Waals surface area contributed by atoms with Crippen molar-refractivity contribution in [3.05, 3.63) is 29.8 Å². The molecule has 1 aliphatic heterocycles. The summed E-state index contributed by atoms with van der Waals surface area (Å²) in [4.78, 5) is 0.210. The number of ether oxygens (including phenoxy) is 1. The Bertz CT molecular complexity index is 582. The molecular formula is C15H23NO4S. The first-order chi connectivity index (χ1) is 9.74. The molecule has 0 radical (unpaired) electrons. The van der Waals surface area contributed by atoms with Crippen LogP contribution in [0.5, 0.6) is 0 Å². The maximum atomic E-state index is 12.3. The fourth-order valence-electron chi connectivity index (χ4n) is 2.34. The maximum Gasteiger partial charge on any atom is 0.240 e. The molecule has 2 atom stereocenters. The number of hydrogen-bond donors (Lipinski definition) is 2. The largest absolute Gasteiger partial charge is 0.386 e. The van der Waals surface area contributed by atoms with Gasteiger partial charge in [-0.15, -0.1) is 0 Å². The van der Waals surface area contributed by atoms with Crippen molar-refractivity contribution < 1.29 is 18.3 Å². The molecule has 5 nitrogen and oxygen atoms in total. The molecule has 0 aromatic heterocycles. The van der Waals surface area contributed by atoms with Crippen molar-refractivity contribution in [3.63, 3.8) is 0 Å². The summed E-state index contributed by atoms with van der Waals surface area (Å²) in [5.41, 5.74) is -0.0457. The summed E-state index contributed by atoms with van der Waals surface area (Å²) in [6.45, 7) is 6.27. The van der Waals surface area contributed by atoms with E-state index in [1.807, 2.05) is 12.1 Å². The Morgan fingerprint density at radius 3 is 2.48 bits per heavy atom. The molecule has 6 heteroatoms. The third-order valence-electron chi connectivity index (χ3n) is 4.08. The number of rotatable bonds is 5. The lowest BCUT2D eigenvalue weighted by Gasteiger charge is -2.26. The van der Waals surface area contributed by atoms with Gasteiger partial charge in [-0.2, -0.15) is 0 Å². The van der Waals surface area contributed by atoms with Gasteiger partial charge in [0.2, 0.25) is 10.0 Å². The van der Waals surface area contributed by atoms with Gasteiger partial charge in [0.15, 0.2) is 0 Å². The van der Waals surface area contributed by atoms with Crippen LogP contribution in [0, 0.1) is 0 Å². The smallest absolute Gasteiger partial charge is 0.240 e. The first kappa shape index (κ1) is 16.4. The zero-order valence-corrected chi connectivity index (χ0v) is 13.5. The summed E-state index contributed by atoms with van der Waals surface area (Å²) in [6, 6.07) is 6.82. The molecule has 1 aliphatic rings. The summed E-state index contributed by atoms with van der Waals surface area (Å²) < 4.78 is 32.3. The first-order valence-electron chi connectivity index (χ1n) is 7.18. The van der Waals surface area contributed by atoms with Crippen molar-refractivity contribution in [2.24, 2.45) is 0 Å². The molecule has 0 aliphatic carbocycles. The maximum absolute atomic E-state index is 12.3. The Morgan fingerprint density at radius 2 is 2.00 bits per heavy atom. The van der Waals surface area contributed by atoms with E-state index in [0.717, 1.165) is 5.56 Å². The molecule has 0 bridgehead atoms. The second-order valence-electron chi connectivity index (χ2n) is 5.91. The number of hydrogen-bond acceptors (Lipinski definition) is 4. The Balaban J connectivity index is 2.08. The van der Waals surface area contributed by atoms with E-state index in [1.54, 1.807) is 19.1 Å². The summed E-state index contributed by atoms with van der Waals surface area (Å²) >= 11 is 0. The molecule has 1 aromatic rings. The number of benzene rings is 1. The zero-order valence-electron chi connectivity index (χ0n) is 12.7. The molecule has 0 spiro atoms. The lowest BCUT2D eigenvalue weighted by molar-refractivity contribution is -0.0228. The monoisotopic (exact) mass is 313 g/mol. The molecule has 2 unspecified atom stereocenters. The van der Waals surface area contributed by atoms with Crippen LogP contribution in [0.3, 0.4) is 0 Å². The van der Waals surface area contributed by atoms with Gasteiger partial charge in [0.1, 0.15) is 5.60 Å². The molecule has 1 heterocycles. The van der Waals surface area contributed by atoms with Gasteiger partial charge in [-0.1, -0.05) is 26.0 Å². The molecule has 118 valence electrons. The third-order valence-corrected chi connectivity index (χ3v) is 5.50. The van der Waals surface area contributed by atoms with E-state index in [0.29, 0.717) is 18.9 Å². The Morgan fingerprint density at radius 1 is 1.38 bits per heavy atom. The van der Waals surface area contributed by atoms with Crippen LogP contribution in [-0.2, 0) is 14.8 Å². The Kier molecular flexibility index (Phi) is 4.72. The quantitative estimate of drug-likeness (QED) is 0.866. The van der Waals surface area contributed by atoms with Crippen LogP contribution in [-0.4, -0.2) is 38.4 Å². The highest BCUT2D eigenvalue weighted by atomic mass is 32.2. The highest BCUT2D eigenvalue weighted by Gasteiger charge is 2.40. The molecule has 2 N–H and O–H groups in total. The zero-order chi connectivity index (χ0) is 15.7. The molecule has 1 saturated heterocycles. The standard InChI is InChI=1S/C15H23NO4S/c1-11(2)13-4-6-14(7-5-13)21(18,19)16-10-15(17)8-9-20-12(15)3/h4-7,11-12,16-17H,8-10H2,1-3H3. The molecule has 21 heavy (non-hydrogen) atoms. The number of aliphatic hydroxyl groups is 1. The third kappa shape index (κ3) is 3.63. The van der Waals surface area contributed by atoms with E-state index in [1.165, 1.54) is 0 Å². The van der Waals surface area contributed by atoms with E-state index in [9.17, 15) is 13.5 Å². The second kappa shape index (κ2) is 6.04. The average molecular weight is 313 g/mol. The number of sulfonamides is 1. The van der Waals surface area contributed by atoms with Gasteiger partial charge in [-0.3, -0.25) is 0 Å². The van der Waals surface area contributed by atoms with Crippen LogP contribution in [0.15, 0.2) is 29.2 Å².